The number of amides is 1. The smallest absolute Gasteiger partial charge is 0.228 e. The molecule has 1 aromatic carbocycles. The number of nitrogens with one attached hydrogen (secondary N) is 1. The van der Waals surface area contributed by atoms with Crippen molar-refractivity contribution in [2.75, 3.05) is 25.0 Å². The Bertz CT molecular complexity index is 968. The van der Waals surface area contributed by atoms with Crippen molar-refractivity contribution < 1.29 is 13.9 Å². The van der Waals surface area contributed by atoms with E-state index in [0.717, 1.165) is 11.3 Å². The third kappa shape index (κ3) is 4.91. The third-order valence-electron chi connectivity index (χ3n) is 4.59. The molecule has 4 rings (SSSR count). The number of ether oxygens (including phenoxy) is 1. The normalized spacial score (nSPS) is 16.4. The van der Waals surface area contributed by atoms with E-state index < -0.39 is 0 Å². The lowest BCUT2D eigenvalue weighted by atomic mass is 10.1. The molecule has 0 spiro atoms. The maximum absolute atomic E-state index is 13.1. The maximum atomic E-state index is 13.1. The number of carbonyl (C=O) groups excluding carboxylic acids is 1. The zero-order chi connectivity index (χ0) is 20.1. The summed E-state index contributed by atoms with van der Waals surface area (Å²) in [4.78, 5) is 27.3. The predicted octanol–water partition coefficient (Wildman–Crippen LogP) is 2.90. The zero-order valence-corrected chi connectivity index (χ0v) is 15.7. The highest BCUT2D eigenvalue weighted by Crippen LogP contribution is 2.23. The number of anilines is 2. The van der Waals surface area contributed by atoms with Gasteiger partial charge in [0, 0.05) is 18.9 Å². The minimum Gasteiger partial charge on any atom is -0.368 e. The molecule has 0 bridgehead atoms. The van der Waals surface area contributed by atoms with Gasteiger partial charge in [0.1, 0.15) is 17.7 Å². The van der Waals surface area contributed by atoms with E-state index in [9.17, 15) is 9.18 Å². The highest BCUT2D eigenvalue weighted by molar-refractivity contribution is 5.78. The van der Waals surface area contributed by atoms with E-state index in [1.54, 1.807) is 35.5 Å². The number of carbonyl (C=O) groups is 1. The van der Waals surface area contributed by atoms with E-state index in [4.69, 9.17) is 4.74 Å². The van der Waals surface area contributed by atoms with Crippen LogP contribution in [0, 0.1) is 5.82 Å². The van der Waals surface area contributed by atoms with Crippen LogP contribution in [0.3, 0.4) is 0 Å². The number of pyridine rings is 1. The Morgan fingerprint density at radius 1 is 1.14 bits per heavy atom. The van der Waals surface area contributed by atoms with E-state index in [1.807, 2.05) is 18.2 Å². The average molecular weight is 393 g/mol. The van der Waals surface area contributed by atoms with E-state index in [-0.39, 0.29) is 24.2 Å². The maximum Gasteiger partial charge on any atom is 0.228 e. The Labute approximate surface area is 167 Å². The van der Waals surface area contributed by atoms with Gasteiger partial charge in [-0.2, -0.15) is 0 Å². The van der Waals surface area contributed by atoms with Crippen LogP contribution in [-0.4, -0.2) is 45.5 Å². The molecular formula is C21H20FN5O2. The minimum atomic E-state index is -0.320. The first-order valence-electron chi connectivity index (χ1n) is 9.32. The first-order valence-corrected chi connectivity index (χ1v) is 9.32. The van der Waals surface area contributed by atoms with Crippen LogP contribution in [0.15, 0.2) is 60.9 Å². The quantitative estimate of drug-likeness (QED) is 0.718. The Morgan fingerprint density at radius 3 is 2.72 bits per heavy atom. The lowest BCUT2D eigenvalue weighted by Crippen LogP contribution is -2.43. The van der Waals surface area contributed by atoms with E-state index in [0.29, 0.717) is 31.5 Å². The van der Waals surface area contributed by atoms with Crippen LogP contribution in [0.5, 0.6) is 0 Å². The molecule has 29 heavy (non-hydrogen) atoms. The van der Waals surface area contributed by atoms with Crippen LogP contribution in [-0.2, 0) is 16.0 Å². The second kappa shape index (κ2) is 8.74. The van der Waals surface area contributed by atoms with Crippen LogP contribution >= 0.6 is 0 Å². The Balaban J connectivity index is 1.42. The van der Waals surface area contributed by atoms with Crippen molar-refractivity contribution in [3.8, 4) is 0 Å². The molecule has 1 amide bonds. The van der Waals surface area contributed by atoms with Gasteiger partial charge in [0.05, 0.1) is 25.3 Å². The van der Waals surface area contributed by atoms with Crippen molar-refractivity contribution in [1.82, 2.24) is 19.9 Å². The number of halogens is 1. The molecule has 2 aromatic heterocycles. The molecule has 0 aliphatic carbocycles. The molecule has 1 fully saturated rings. The molecular weight excluding hydrogens is 373 g/mol. The Morgan fingerprint density at radius 2 is 1.93 bits per heavy atom. The van der Waals surface area contributed by atoms with Crippen molar-refractivity contribution in [2.45, 2.75) is 12.5 Å². The molecule has 1 saturated heterocycles. The molecule has 0 saturated carbocycles. The van der Waals surface area contributed by atoms with E-state index in [1.165, 1.54) is 12.1 Å². The van der Waals surface area contributed by atoms with Gasteiger partial charge in [0.25, 0.3) is 0 Å². The van der Waals surface area contributed by atoms with Gasteiger partial charge in [-0.3, -0.25) is 4.79 Å². The number of rotatable bonds is 5. The molecule has 1 aliphatic rings. The summed E-state index contributed by atoms with van der Waals surface area (Å²) in [7, 11) is 0. The van der Waals surface area contributed by atoms with Gasteiger partial charge in [-0.25, -0.2) is 19.3 Å². The monoisotopic (exact) mass is 393 g/mol. The van der Waals surface area contributed by atoms with Crippen LogP contribution < -0.4 is 5.32 Å². The zero-order valence-electron chi connectivity index (χ0n) is 15.7. The number of morpholine rings is 1. The van der Waals surface area contributed by atoms with Crippen molar-refractivity contribution in [1.29, 1.82) is 0 Å². The fourth-order valence-electron chi connectivity index (χ4n) is 3.12. The predicted molar refractivity (Wildman–Crippen MR) is 105 cm³/mol. The Kier molecular flexibility index (Phi) is 5.71. The van der Waals surface area contributed by atoms with Gasteiger partial charge in [-0.1, -0.05) is 18.2 Å². The Hall–Kier alpha value is -3.39. The highest BCUT2D eigenvalue weighted by atomic mass is 19.1. The van der Waals surface area contributed by atoms with E-state index in [2.05, 4.69) is 20.3 Å². The van der Waals surface area contributed by atoms with Crippen molar-refractivity contribution in [2.24, 2.45) is 0 Å². The molecule has 7 nitrogen and oxygen atoms in total. The van der Waals surface area contributed by atoms with Gasteiger partial charge in [0.15, 0.2) is 0 Å². The van der Waals surface area contributed by atoms with Gasteiger partial charge in [-0.05, 0) is 35.9 Å². The molecule has 1 atom stereocenters. The summed E-state index contributed by atoms with van der Waals surface area (Å²) >= 11 is 0. The largest absolute Gasteiger partial charge is 0.368 e. The fourth-order valence-corrected chi connectivity index (χ4v) is 3.12. The molecule has 3 aromatic rings. The van der Waals surface area contributed by atoms with Gasteiger partial charge in [-0.15, -0.1) is 0 Å². The second-order valence-corrected chi connectivity index (χ2v) is 6.65. The van der Waals surface area contributed by atoms with Gasteiger partial charge in [0.2, 0.25) is 11.9 Å². The second-order valence-electron chi connectivity index (χ2n) is 6.65. The molecule has 148 valence electrons. The van der Waals surface area contributed by atoms with Crippen molar-refractivity contribution in [3.05, 3.63) is 78.0 Å². The summed E-state index contributed by atoms with van der Waals surface area (Å²) < 4.78 is 18.9. The molecule has 1 N–H and O–H groups in total. The number of nitrogens with zero attached hydrogens (tertiary/aromatic N) is 4. The molecule has 1 unspecified atom stereocenters. The lowest BCUT2D eigenvalue weighted by Gasteiger charge is -2.33. The topological polar surface area (TPSA) is 80.2 Å². The standard InChI is InChI=1S/C21H20FN5O2/c22-16-7-5-15(6-8-16)13-20(28)27-11-12-29-18(14-27)17-3-1-4-19(25-17)26-21-23-9-2-10-24-21/h1-10,18H,11-14H2,(H,23,24,25,26). The third-order valence-corrected chi connectivity index (χ3v) is 4.59. The number of hydrogen-bond acceptors (Lipinski definition) is 6. The van der Waals surface area contributed by atoms with Gasteiger partial charge >= 0.3 is 0 Å². The number of hydrogen-bond donors (Lipinski definition) is 1. The summed E-state index contributed by atoms with van der Waals surface area (Å²) in [5.41, 5.74) is 1.51. The van der Waals surface area contributed by atoms with Crippen LogP contribution in [0.1, 0.15) is 17.4 Å². The molecule has 8 heteroatoms. The SMILES string of the molecule is O=C(Cc1ccc(F)cc1)N1CCOC(c2cccc(Nc3ncccn3)n2)C1. The average Bonchev–Trinajstić information content (AvgIpc) is 2.76. The minimum absolute atomic E-state index is 0.0168. The van der Waals surface area contributed by atoms with Crippen LogP contribution in [0.2, 0.25) is 0 Å². The fraction of sp³-hybridized carbons (Fsp3) is 0.238. The summed E-state index contributed by atoms with van der Waals surface area (Å²) in [6, 6.07) is 13.3. The molecule has 0 radical (unpaired) electrons. The summed E-state index contributed by atoms with van der Waals surface area (Å²) in [5, 5.41) is 3.05. The van der Waals surface area contributed by atoms with Crippen molar-refractivity contribution in [3.63, 3.8) is 0 Å². The van der Waals surface area contributed by atoms with Crippen LogP contribution in [0.4, 0.5) is 16.2 Å². The number of benzene rings is 1. The first kappa shape index (κ1) is 18.9. The summed E-state index contributed by atoms with van der Waals surface area (Å²) in [6.45, 7) is 1.37. The lowest BCUT2D eigenvalue weighted by molar-refractivity contribution is -0.138. The summed E-state index contributed by atoms with van der Waals surface area (Å²) in [6.07, 6.45) is 3.20. The van der Waals surface area contributed by atoms with E-state index >= 15 is 0 Å². The number of aromatic nitrogens is 3. The highest BCUT2D eigenvalue weighted by Gasteiger charge is 2.26. The molecule has 1 aliphatic heterocycles. The summed E-state index contributed by atoms with van der Waals surface area (Å²) in [5.74, 6) is 0.731. The van der Waals surface area contributed by atoms with Crippen LogP contribution in [0.25, 0.3) is 0 Å². The first-order chi connectivity index (χ1) is 14.2. The van der Waals surface area contributed by atoms with Crippen molar-refractivity contribution >= 4 is 17.7 Å². The van der Waals surface area contributed by atoms with Gasteiger partial charge < -0.3 is 15.0 Å². The molecule has 3 heterocycles.